The van der Waals surface area contributed by atoms with Gasteiger partial charge in [-0.05, 0) is 52.3 Å². The van der Waals surface area contributed by atoms with E-state index in [1.54, 1.807) is 0 Å². The van der Waals surface area contributed by atoms with E-state index in [0.717, 1.165) is 19.5 Å². The van der Waals surface area contributed by atoms with E-state index in [0.29, 0.717) is 0 Å². The number of nitrogens with zero attached hydrogens (tertiary/aromatic N) is 1. The molecule has 0 aliphatic carbocycles. The minimum atomic E-state index is 1.03. The van der Waals surface area contributed by atoms with Gasteiger partial charge in [0.05, 0.1) is 0 Å². The zero-order chi connectivity index (χ0) is 11.4. The van der Waals surface area contributed by atoms with E-state index in [2.05, 4.69) is 56.8 Å². The summed E-state index contributed by atoms with van der Waals surface area (Å²) < 4.78 is 1.24. The fourth-order valence-corrected chi connectivity index (χ4v) is 3.77. The van der Waals surface area contributed by atoms with E-state index in [1.165, 1.54) is 14.2 Å². The molecule has 0 amide bonds. The summed E-state index contributed by atoms with van der Waals surface area (Å²) in [7, 11) is 2.18. The number of likely N-dealkylation sites (N-methyl/N-ethyl adjacent to an activating group) is 1. The van der Waals surface area contributed by atoms with Crippen molar-refractivity contribution in [3.8, 4) is 0 Å². The summed E-state index contributed by atoms with van der Waals surface area (Å²) in [5, 5.41) is 4.28. The van der Waals surface area contributed by atoms with Crippen LogP contribution in [-0.2, 0) is 13.0 Å². The number of hydrogen-bond acceptors (Lipinski definition) is 3. The molecule has 0 atom stereocenters. The SMILES string of the molecule is CN(CCc1cccs1)Cc1sccc1Br. The Bertz CT molecular complexity index is 422. The molecule has 2 rings (SSSR count). The van der Waals surface area contributed by atoms with Crippen LogP contribution in [0, 0.1) is 0 Å². The summed E-state index contributed by atoms with van der Waals surface area (Å²) in [6.45, 7) is 2.15. The van der Waals surface area contributed by atoms with Crippen LogP contribution in [0.3, 0.4) is 0 Å². The Kier molecular flexibility index (Phi) is 4.58. The van der Waals surface area contributed by atoms with Gasteiger partial charge in [0.25, 0.3) is 0 Å². The molecule has 16 heavy (non-hydrogen) atoms. The highest BCUT2D eigenvalue weighted by atomic mass is 79.9. The smallest absolute Gasteiger partial charge is 0.0336 e. The lowest BCUT2D eigenvalue weighted by atomic mass is 10.3. The van der Waals surface area contributed by atoms with Crippen LogP contribution in [-0.4, -0.2) is 18.5 Å². The van der Waals surface area contributed by atoms with Crippen LogP contribution in [0.5, 0.6) is 0 Å². The molecule has 2 heterocycles. The van der Waals surface area contributed by atoms with Crippen molar-refractivity contribution in [2.24, 2.45) is 0 Å². The lowest BCUT2D eigenvalue weighted by Crippen LogP contribution is -2.20. The minimum absolute atomic E-state index is 1.03. The fraction of sp³-hybridized carbons (Fsp3) is 0.333. The molecule has 0 spiro atoms. The van der Waals surface area contributed by atoms with Crippen molar-refractivity contribution in [2.75, 3.05) is 13.6 Å². The molecule has 0 saturated heterocycles. The topological polar surface area (TPSA) is 3.24 Å². The number of hydrogen-bond donors (Lipinski definition) is 0. The molecule has 0 aliphatic rings. The van der Waals surface area contributed by atoms with Crippen molar-refractivity contribution in [3.05, 3.63) is 43.2 Å². The summed E-state index contributed by atoms with van der Waals surface area (Å²) in [6, 6.07) is 6.45. The summed E-state index contributed by atoms with van der Waals surface area (Å²) in [4.78, 5) is 5.25. The Morgan fingerprint density at radius 2 is 2.12 bits per heavy atom. The summed E-state index contributed by atoms with van der Waals surface area (Å²) in [6.07, 6.45) is 1.15. The van der Waals surface area contributed by atoms with Gasteiger partial charge in [0.1, 0.15) is 0 Å². The average Bonchev–Trinajstić information content (AvgIpc) is 2.88. The molecule has 0 unspecified atom stereocenters. The average molecular weight is 316 g/mol. The summed E-state index contributed by atoms with van der Waals surface area (Å²) in [5.74, 6) is 0. The van der Waals surface area contributed by atoms with Gasteiger partial charge < -0.3 is 4.90 Å². The van der Waals surface area contributed by atoms with E-state index in [-0.39, 0.29) is 0 Å². The second-order valence-corrected chi connectivity index (χ2v) is 6.65. The molecule has 2 aromatic rings. The predicted molar refractivity (Wildman–Crippen MR) is 76.4 cm³/mol. The fourth-order valence-electron chi connectivity index (χ4n) is 1.52. The van der Waals surface area contributed by atoms with Crippen molar-refractivity contribution >= 4 is 38.6 Å². The van der Waals surface area contributed by atoms with Crippen LogP contribution in [0.1, 0.15) is 9.75 Å². The third kappa shape index (κ3) is 3.42. The summed E-state index contributed by atoms with van der Waals surface area (Å²) in [5.41, 5.74) is 0. The monoisotopic (exact) mass is 315 g/mol. The molecular weight excluding hydrogens is 302 g/mol. The standard InChI is InChI=1S/C12H14BrNS2/c1-14(6-4-10-3-2-7-15-10)9-12-11(13)5-8-16-12/h2-3,5,7-8H,4,6,9H2,1H3. The van der Waals surface area contributed by atoms with Crippen molar-refractivity contribution in [1.29, 1.82) is 0 Å². The Hall–Kier alpha value is -0.160. The molecule has 0 aliphatic heterocycles. The van der Waals surface area contributed by atoms with Crippen molar-refractivity contribution < 1.29 is 0 Å². The molecule has 1 nitrogen and oxygen atoms in total. The zero-order valence-electron chi connectivity index (χ0n) is 9.15. The highest BCUT2D eigenvalue weighted by molar-refractivity contribution is 9.10. The second-order valence-electron chi connectivity index (χ2n) is 3.76. The van der Waals surface area contributed by atoms with Gasteiger partial charge in [-0.1, -0.05) is 6.07 Å². The van der Waals surface area contributed by atoms with Gasteiger partial charge in [0, 0.05) is 27.3 Å². The lowest BCUT2D eigenvalue weighted by molar-refractivity contribution is 0.334. The highest BCUT2D eigenvalue weighted by Gasteiger charge is 2.05. The Morgan fingerprint density at radius 1 is 1.25 bits per heavy atom. The van der Waals surface area contributed by atoms with E-state index in [9.17, 15) is 0 Å². The van der Waals surface area contributed by atoms with Gasteiger partial charge in [-0.15, -0.1) is 22.7 Å². The largest absolute Gasteiger partial charge is 0.301 e. The molecular formula is C12H14BrNS2. The van der Waals surface area contributed by atoms with Crippen molar-refractivity contribution in [1.82, 2.24) is 4.90 Å². The Labute approximate surface area is 113 Å². The number of rotatable bonds is 5. The third-order valence-electron chi connectivity index (χ3n) is 2.42. The first-order valence-corrected chi connectivity index (χ1v) is 7.74. The van der Waals surface area contributed by atoms with Crippen LogP contribution < -0.4 is 0 Å². The van der Waals surface area contributed by atoms with Crippen molar-refractivity contribution in [3.63, 3.8) is 0 Å². The van der Waals surface area contributed by atoms with Crippen LogP contribution >= 0.6 is 38.6 Å². The van der Waals surface area contributed by atoms with Crippen LogP contribution in [0.2, 0.25) is 0 Å². The van der Waals surface area contributed by atoms with Crippen LogP contribution in [0.4, 0.5) is 0 Å². The first-order valence-electron chi connectivity index (χ1n) is 5.18. The first-order chi connectivity index (χ1) is 7.75. The van der Waals surface area contributed by atoms with Crippen LogP contribution in [0.15, 0.2) is 33.4 Å². The van der Waals surface area contributed by atoms with E-state index < -0.39 is 0 Å². The zero-order valence-corrected chi connectivity index (χ0v) is 12.4. The quantitative estimate of drug-likeness (QED) is 0.797. The van der Waals surface area contributed by atoms with Gasteiger partial charge in [0.2, 0.25) is 0 Å². The van der Waals surface area contributed by atoms with Gasteiger partial charge in [-0.2, -0.15) is 0 Å². The first kappa shape index (κ1) is 12.3. The molecule has 0 bridgehead atoms. The predicted octanol–water partition coefficient (Wildman–Crippen LogP) is 4.25. The van der Waals surface area contributed by atoms with E-state index in [1.807, 2.05) is 22.7 Å². The molecule has 0 fully saturated rings. The third-order valence-corrected chi connectivity index (χ3v) is 5.27. The molecule has 0 N–H and O–H groups in total. The molecule has 0 aromatic carbocycles. The van der Waals surface area contributed by atoms with Gasteiger partial charge in [-0.25, -0.2) is 0 Å². The normalized spacial score (nSPS) is 11.2. The maximum absolute atomic E-state index is 3.57. The molecule has 0 saturated carbocycles. The second kappa shape index (κ2) is 5.96. The van der Waals surface area contributed by atoms with E-state index >= 15 is 0 Å². The highest BCUT2D eigenvalue weighted by Crippen LogP contribution is 2.23. The molecule has 4 heteroatoms. The van der Waals surface area contributed by atoms with Crippen LogP contribution in [0.25, 0.3) is 0 Å². The molecule has 86 valence electrons. The lowest BCUT2D eigenvalue weighted by Gasteiger charge is -2.15. The number of halogens is 1. The maximum Gasteiger partial charge on any atom is 0.0336 e. The van der Waals surface area contributed by atoms with E-state index in [4.69, 9.17) is 0 Å². The minimum Gasteiger partial charge on any atom is -0.301 e. The van der Waals surface area contributed by atoms with Gasteiger partial charge in [0.15, 0.2) is 0 Å². The van der Waals surface area contributed by atoms with Gasteiger partial charge in [-0.3, -0.25) is 0 Å². The Balaban J connectivity index is 1.81. The Morgan fingerprint density at radius 3 is 2.75 bits per heavy atom. The summed E-state index contributed by atoms with van der Waals surface area (Å²) >= 11 is 7.23. The molecule has 0 radical (unpaired) electrons. The molecule has 2 aromatic heterocycles. The number of thiophene rings is 2. The van der Waals surface area contributed by atoms with Crippen molar-refractivity contribution in [2.45, 2.75) is 13.0 Å². The maximum atomic E-state index is 3.57. The van der Waals surface area contributed by atoms with Gasteiger partial charge >= 0.3 is 0 Å².